The molecule has 2 atom stereocenters. The van der Waals surface area contributed by atoms with Gasteiger partial charge in [0.25, 0.3) is 0 Å². The third-order valence-electron chi connectivity index (χ3n) is 3.17. The summed E-state index contributed by atoms with van der Waals surface area (Å²) in [5.41, 5.74) is 0. The first-order valence-corrected chi connectivity index (χ1v) is 6.33. The second kappa shape index (κ2) is 5.69. The van der Waals surface area contributed by atoms with Crippen LogP contribution in [0.3, 0.4) is 0 Å². The van der Waals surface area contributed by atoms with Crippen LogP contribution in [0.5, 0.6) is 5.75 Å². The fraction of sp³-hybridized carbons (Fsp3) is 0.538. The maximum Gasteiger partial charge on any atom is 0.138 e. The standard InChI is InChI=1S/C13H17ClFNO/c1-16-8-9-2-4-11(6-9)17-13-5-3-10(15)7-12(13)14/h3,5,7,9,11,16H,2,4,6,8H2,1H3. The molecule has 94 valence electrons. The van der Waals surface area contributed by atoms with Gasteiger partial charge >= 0.3 is 0 Å². The van der Waals surface area contributed by atoms with E-state index >= 15 is 0 Å². The zero-order valence-corrected chi connectivity index (χ0v) is 10.6. The zero-order chi connectivity index (χ0) is 12.3. The molecule has 0 aromatic heterocycles. The molecule has 1 saturated carbocycles. The van der Waals surface area contributed by atoms with Gasteiger partial charge in [0.05, 0.1) is 11.1 Å². The third kappa shape index (κ3) is 3.33. The number of nitrogens with one attached hydrogen (secondary N) is 1. The molecule has 2 nitrogen and oxygen atoms in total. The first-order valence-electron chi connectivity index (χ1n) is 5.95. The Morgan fingerprint density at radius 1 is 1.47 bits per heavy atom. The lowest BCUT2D eigenvalue weighted by Crippen LogP contribution is -2.18. The van der Waals surface area contributed by atoms with E-state index in [2.05, 4.69) is 5.32 Å². The van der Waals surface area contributed by atoms with Gasteiger partial charge in [-0.1, -0.05) is 11.6 Å². The van der Waals surface area contributed by atoms with Crippen LogP contribution >= 0.6 is 11.6 Å². The number of halogens is 2. The summed E-state index contributed by atoms with van der Waals surface area (Å²) < 4.78 is 18.7. The predicted molar refractivity (Wildman–Crippen MR) is 67.1 cm³/mol. The monoisotopic (exact) mass is 257 g/mol. The minimum atomic E-state index is -0.332. The summed E-state index contributed by atoms with van der Waals surface area (Å²) in [5.74, 6) is 0.925. The summed E-state index contributed by atoms with van der Waals surface area (Å²) in [6, 6.07) is 4.27. The van der Waals surface area contributed by atoms with Crippen molar-refractivity contribution in [2.45, 2.75) is 25.4 Å². The van der Waals surface area contributed by atoms with Crippen LogP contribution in [0.2, 0.25) is 5.02 Å². The molecule has 17 heavy (non-hydrogen) atoms. The molecule has 2 unspecified atom stereocenters. The summed E-state index contributed by atoms with van der Waals surface area (Å²) in [4.78, 5) is 0. The van der Waals surface area contributed by atoms with Gasteiger partial charge in [-0.2, -0.15) is 0 Å². The summed E-state index contributed by atoms with van der Waals surface area (Å²) in [7, 11) is 1.96. The Morgan fingerprint density at radius 3 is 3.00 bits per heavy atom. The molecule has 0 aliphatic heterocycles. The zero-order valence-electron chi connectivity index (χ0n) is 9.88. The van der Waals surface area contributed by atoms with Gasteiger partial charge in [0, 0.05) is 0 Å². The van der Waals surface area contributed by atoms with E-state index in [-0.39, 0.29) is 11.9 Å². The van der Waals surface area contributed by atoms with Gasteiger partial charge < -0.3 is 10.1 Å². The van der Waals surface area contributed by atoms with Crippen LogP contribution < -0.4 is 10.1 Å². The van der Waals surface area contributed by atoms with Crippen molar-refractivity contribution in [2.24, 2.45) is 5.92 Å². The molecule has 1 aromatic carbocycles. The van der Waals surface area contributed by atoms with Crippen LogP contribution in [0, 0.1) is 11.7 Å². The van der Waals surface area contributed by atoms with Crippen molar-refractivity contribution in [3.05, 3.63) is 29.0 Å². The number of hydrogen-bond donors (Lipinski definition) is 1. The van der Waals surface area contributed by atoms with Crippen LogP contribution in [-0.4, -0.2) is 19.7 Å². The van der Waals surface area contributed by atoms with E-state index in [0.717, 1.165) is 19.4 Å². The van der Waals surface area contributed by atoms with Crippen molar-refractivity contribution in [1.29, 1.82) is 0 Å². The minimum absolute atomic E-state index is 0.205. The summed E-state index contributed by atoms with van der Waals surface area (Å²) >= 11 is 5.93. The highest BCUT2D eigenvalue weighted by atomic mass is 35.5. The lowest BCUT2D eigenvalue weighted by atomic mass is 10.1. The molecular formula is C13H17ClFNO. The van der Waals surface area contributed by atoms with E-state index in [9.17, 15) is 4.39 Å². The second-order valence-electron chi connectivity index (χ2n) is 4.55. The Bertz CT molecular complexity index is 386. The molecule has 2 rings (SSSR count). The Balaban J connectivity index is 1.93. The average molecular weight is 258 g/mol. The van der Waals surface area contributed by atoms with Crippen LogP contribution in [-0.2, 0) is 0 Å². The maximum atomic E-state index is 12.9. The fourth-order valence-corrected chi connectivity index (χ4v) is 2.57. The van der Waals surface area contributed by atoms with Crippen molar-refractivity contribution in [3.63, 3.8) is 0 Å². The van der Waals surface area contributed by atoms with E-state index in [1.807, 2.05) is 7.05 Å². The van der Waals surface area contributed by atoms with Crippen molar-refractivity contribution >= 4 is 11.6 Å². The van der Waals surface area contributed by atoms with Crippen LogP contribution in [0.15, 0.2) is 18.2 Å². The number of hydrogen-bond acceptors (Lipinski definition) is 2. The normalized spacial score (nSPS) is 23.9. The second-order valence-corrected chi connectivity index (χ2v) is 4.96. The maximum absolute atomic E-state index is 12.9. The van der Waals surface area contributed by atoms with Gasteiger partial charge in [-0.3, -0.25) is 0 Å². The molecule has 1 aliphatic carbocycles. The van der Waals surface area contributed by atoms with Crippen molar-refractivity contribution in [2.75, 3.05) is 13.6 Å². The smallest absolute Gasteiger partial charge is 0.138 e. The molecule has 1 fully saturated rings. The Hall–Kier alpha value is -0.800. The van der Waals surface area contributed by atoms with E-state index < -0.39 is 0 Å². The quantitative estimate of drug-likeness (QED) is 0.894. The number of rotatable bonds is 4. The first-order chi connectivity index (χ1) is 8.19. The predicted octanol–water partition coefficient (Wildman–Crippen LogP) is 3.25. The van der Waals surface area contributed by atoms with Gasteiger partial charge in [0.1, 0.15) is 11.6 Å². The van der Waals surface area contributed by atoms with Gasteiger partial charge in [0.15, 0.2) is 0 Å². The van der Waals surface area contributed by atoms with E-state index in [0.29, 0.717) is 16.7 Å². The van der Waals surface area contributed by atoms with E-state index in [1.54, 1.807) is 6.07 Å². The molecule has 0 spiro atoms. The molecule has 0 heterocycles. The fourth-order valence-electron chi connectivity index (χ4n) is 2.36. The highest BCUT2D eigenvalue weighted by Crippen LogP contribution is 2.32. The molecule has 0 amide bonds. The lowest BCUT2D eigenvalue weighted by molar-refractivity contribution is 0.204. The van der Waals surface area contributed by atoms with Crippen molar-refractivity contribution in [3.8, 4) is 5.75 Å². The van der Waals surface area contributed by atoms with Crippen LogP contribution in [0.25, 0.3) is 0 Å². The Labute approximate surface area is 106 Å². The summed E-state index contributed by atoms with van der Waals surface area (Å²) in [6.45, 7) is 1.02. The molecule has 1 aliphatic rings. The lowest BCUT2D eigenvalue weighted by Gasteiger charge is -2.15. The highest BCUT2D eigenvalue weighted by molar-refractivity contribution is 6.32. The Kier molecular flexibility index (Phi) is 4.24. The highest BCUT2D eigenvalue weighted by Gasteiger charge is 2.26. The van der Waals surface area contributed by atoms with Crippen LogP contribution in [0.1, 0.15) is 19.3 Å². The van der Waals surface area contributed by atoms with E-state index in [1.165, 1.54) is 18.6 Å². The third-order valence-corrected chi connectivity index (χ3v) is 3.47. The molecule has 4 heteroatoms. The summed E-state index contributed by atoms with van der Waals surface area (Å²) in [6.07, 6.45) is 3.45. The van der Waals surface area contributed by atoms with Crippen molar-refractivity contribution in [1.82, 2.24) is 5.32 Å². The topological polar surface area (TPSA) is 21.3 Å². The molecule has 1 aromatic rings. The molecule has 1 N–H and O–H groups in total. The van der Waals surface area contributed by atoms with Gasteiger partial charge in [0.2, 0.25) is 0 Å². The van der Waals surface area contributed by atoms with Gasteiger partial charge in [-0.15, -0.1) is 0 Å². The molecule has 0 radical (unpaired) electrons. The molecular weight excluding hydrogens is 241 g/mol. The molecule has 0 bridgehead atoms. The van der Waals surface area contributed by atoms with Gasteiger partial charge in [-0.05, 0) is 57.0 Å². The molecule has 0 saturated heterocycles. The average Bonchev–Trinajstić information content (AvgIpc) is 2.71. The minimum Gasteiger partial charge on any atom is -0.489 e. The van der Waals surface area contributed by atoms with Crippen LogP contribution in [0.4, 0.5) is 4.39 Å². The number of benzene rings is 1. The summed E-state index contributed by atoms with van der Waals surface area (Å²) in [5, 5.41) is 3.53. The van der Waals surface area contributed by atoms with E-state index in [4.69, 9.17) is 16.3 Å². The largest absolute Gasteiger partial charge is 0.489 e. The number of ether oxygens (including phenoxy) is 1. The SMILES string of the molecule is CNCC1CCC(Oc2ccc(F)cc2Cl)C1. The van der Waals surface area contributed by atoms with Crippen molar-refractivity contribution < 1.29 is 9.13 Å². The Morgan fingerprint density at radius 2 is 2.29 bits per heavy atom. The first kappa shape index (κ1) is 12.7. The van der Waals surface area contributed by atoms with Gasteiger partial charge in [-0.25, -0.2) is 4.39 Å².